The molecule has 2 rings (SSSR count). The summed E-state index contributed by atoms with van der Waals surface area (Å²) in [6.07, 6.45) is 0.941. The number of carbonyl (C=O) groups excluding carboxylic acids is 1. The fourth-order valence-electron chi connectivity index (χ4n) is 2.72. The van der Waals surface area contributed by atoms with Crippen LogP contribution in [-0.4, -0.2) is 26.6 Å². The Morgan fingerprint density at radius 2 is 1.67 bits per heavy atom. The van der Waals surface area contributed by atoms with Crippen LogP contribution in [0.5, 0.6) is 17.2 Å². The molecule has 2 aromatic carbocycles. The van der Waals surface area contributed by atoms with E-state index in [1.54, 1.807) is 14.2 Å². The van der Waals surface area contributed by atoms with Crippen molar-refractivity contribution in [2.24, 2.45) is 0 Å². The maximum atomic E-state index is 11.0. The average molecular weight is 328 g/mol. The van der Waals surface area contributed by atoms with Gasteiger partial charge in [0.05, 0.1) is 14.2 Å². The lowest BCUT2D eigenvalue weighted by Gasteiger charge is -2.20. The highest BCUT2D eigenvalue weighted by molar-refractivity contribution is 5.77. The number of ether oxygens (including phenoxy) is 3. The molecule has 1 unspecified atom stereocenters. The Bertz CT molecular complexity index is 677. The van der Waals surface area contributed by atoms with Gasteiger partial charge in [0.25, 0.3) is 0 Å². The summed E-state index contributed by atoms with van der Waals surface area (Å²) in [5.41, 5.74) is 2.30. The van der Waals surface area contributed by atoms with Gasteiger partial charge >= 0.3 is 0 Å². The van der Waals surface area contributed by atoms with E-state index in [0.29, 0.717) is 5.75 Å². The molecule has 0 fully saturated rings. The number of hydrogen-bond donors (Lipinski definition) is 0. The third-order valence-corrected chi connectivity index (χ3v) is 3.95. The number of benzene rings is 2. The topological polar surface area (TPSA) is 44.8 Å². The maximum absolute atomic E-state index is 11.0. The van der Waals surface area contributed by atoms with Crippen molar-refractivity contribution in [3.8, 4) is 17.2 Å². The summed E-state index contributed by atoms with van der Waals surface area (Å²) in [5, 5.41) is 0. The van der Waals surface area contributed by atoms with Crippen LogP contribution in [0.4, 0.5) is 0 Å². The molecule has 0 spiro atoms. The Morgan fingerprint density at radius 1 is 1.00 bits per heavy atom. The zero-order valence-electron chi connectivity index (χ0n) is 14.7. The first-order valence-electron chi connectivity index (χ1n) is 8.03. The molecule has 0 aliphatic heterocycles. The first kappa shape index (κ1) is 17.9. The van der Waals surface area contributed by atoms with Crippen molar-refractivity contribution in [2.75, 3.05) is 20.8 Å². The van der Waals surface area contributed by atoms with Gasteiger partial charge in [0, 0.05) is 17.5 Å². The molecule has 0 aliphatic carbocycles. The lowest BCUT2D eigenvalue weighted by Crippen LogP contribution is -2.07. The highest BCUT2D eigenvalue weighted by Crippen LogP contribution is 2.36. The molecule has 0 heterocycles. The number of Topliss-reactive ketones (excluding diaryl/α,β-unsaturated/α-hetero) is 1. The van der Waals surface area contributed by atoms with Crippen molar-refractivity contribution in [2.45, 2.75) is 26.2 Å². The molecule has 0 radical (unpaired) electrons. The van der Waals surface area contributed by atoms with Gasteiger partial charge in [-0.15, -0.1) is 0 Å². The van der Waals surface area contributed by atoms with Gasteiger partial charge in [-0.05, 0) is 37.1 Å². The van der Waals surface area contributed by atoms with Crippen LogP contribution in [0, 0.1) is 0 Å². The minimum absolute atomic E-state index is 0.00785. The highest BCUT2D eigenvalue weighted by Gasteiger charge is 2.17. The van der Waals surface area contributed by atoms with Gasteiger partial charge in [0.2, 0.25) is 0 Å². The van der Waals surface area contributed by atoms with Crippen LogP contribution in [0.2, 0.25) is 0 Å². The lowest BCUT2D eigenvalue weighted by atomic mass is 9.88. The van der Waals surface area contributed by atoms with Crippen molar-refractivity contribution in [3.05, 3.63) is 53.6 Å². The highest BCUT2D eigenvalue weighted by atomic mass is 16.5. The second-order valence-corrected chi connectivity index (χ2v) is 5.63. The van der Waals surface area contributed by atoms with E-state index >= 15 is 0 Å². The molecule has 0 saturated carbocycles. The molecule has 0 aliphatic rings. The smallest absolute Gasteiger partial charge is 0.167 e. The SMILES string of the molecule is CCC(c1ccc(OCC(C)=O)cc1)c1ccc(OC)cc1OC. The molecule has 0 bridgehead atoms. The Hall–Kier alpha value is -2.49. The van der Waals surface area contributed by atoms with Crippen LogP contribution in [0.1, 0.15) is 37.3 Å². The molecule has 0 aromatic heterocycles. The van der Waals surface area contributed by atoms with Crippen LogP contribution in [-0.2, 0) is 4.79 Å². The normalized spacial score (nSPS) is 11.7. The van der Waals surface area contributed by atoms with Crippen LogP contribution >= 0.6 is 0 Å². The van der Waals surface area contributed by atoms with Crippen LogP contribution in [0.3, 0.4) is 0 Å². The van der Waals surface area contributed by atoms with E-state index in [2.05, 4.69) is 6.92 Å². The minimum Gasteiger partial charge on any atom is -0.497 e. The van der Waals surface area contributed by atoms with Crippen molar-refractivity contribution in [1.29, 1.82) is 0 Å². The summed E-state index contributed by atoms with van der Waals surface area (Å²) >= 11 is 0. The van der Waals surface area contributed by atoms with Gasteiger partial charge in [-0.25, -0.2) is 0 Å². The van der Waals surface area contributed by atoms with Crippen molar-refractivity contribution in [3.63, 3.8) is 0 Å². The number of ketones is 1. The van der Waals surface area contributed by atoms with Crippen molar-refractivity contribution < 1.29 is 19.0 Å². The molecule has 2 aromatic rings. The maximum Gasteiger partial charge on any atom is 0.167 e. The molecule has 24 heavy (non-hydrogen) atoms. The van der Waals surface area contributed by atoms with Crippen LogP contribution in [0.15, 0.2) is 42.5 Å². The zero-order chi connectivity index (χ0) is 17.5. The monoisotopic (exact) mass is 328 g/mol. The van der Waals surface area contributed by atoms with E-state index in [1.807, 2.05) is 42.5 Å². The first-order valence-corrected chi connectivity index (χ1v) is 8.03. The van der Waals surface area contributed by atoms with E-state index in [4.69, 9.17) is 14.2 Å². The number of carbonyl (C=O) groups is 1. The number of rotatable bonds is 8. The minimum atomic E-state index is 0.00785. The lowest BCUT2D eigenvalue weighted by molar-refractivity contribution is -0.118. The van der Waals surface area contributed by atoms with E-state index in [-0.39, 0.29) is 18.3 Å². The summed E-state index contributed by atoms with van der Waals surface area (Å²) < 4.78 is 16.2. The third kappa shape index (κ3) is 4.28. The predicted molar refractivity (Wildman–Crippen MR) is 94.3 cm³/mol. The Labute approximate surface area is 143 Å². The van der Waals surface area contributed by atoms with E-state index in [1.165, 1.54) is 12.5 Å². The summed E-state index contributed by atoms with van der Waals surface area (Å²) in [7, 11) is 3.31. The van der Waals surface area contributed by atoms with E-state index < -0.39 is 0 Å². The third-order valence-electron chi connectivity index (χ3n) is 3.95. The molecule has 4 heteroatoms. The van der Waals surface area contributed by atoms with Gasteiger partial charge in [-0.3, -0.25) is 4.79 Å². The summed E-state index contributed by atoms with van der Waals surface area (Å²) in [6, 6.07) is 13.8. The number of hydrogen-bond acceptors (Lipinski definition) is 4. The zero-order valence-corrected chi connectivity index (χ0v) is 14.7. The van der Waals surface area contributed by atoms with Gasteiger partial charge in [-0.2, -0.15) is 0 Å². The molecule has 4 nitrogen and oxygen atoms in total. The Morgan fingerprint density at radius 3 is 2.21 bits per heavy atom. The second kappa shape index (κ2) is 8.39. The van der Waals surface area contributed by atoms with E-state index in [9.17, 15) is 4.79 Å². The van der Waals surface area contributed by atoms with Crippen molar-refractivity contribution >= 4 is 5.78 Å². The largest absolute Gasteiger partial charge is 0.497 e. The van der Waals surface area contributed by atoms with Crippen LogP contribution in [0.25, 0.3) is 0 Å². The summed E-state index contributed by atoms with van der Waals surface area (Å²) in [4.78, 5) is 11.0. The first-order chi connectivity index (χ1) is 11.6. The fourth-order valence-corrected chi connectivity index (χ4v) is 2.72. The molecular weight excluding hydrogens is 304 g/mol. The molecule has 1 atom stereocenters. The molecule has 128 valence electrons. The van der Waals surface area contributed by atoms with Gasteiger partial charge in [-0.1, -0.05) is 25.1 Å². The average Bonchev–Trinajstić information content (AvgIpc) is 2.61. The standard InChI is InChI=1S/C20H24O4/c1-5-18(19-11-10-17(22-3)12-20(19)23-4)15-6-8-16(9-7-15)24-13-14(2)21/h6-12,18H,5,13H2,1-4H3. The molecular formula is C20H24O4. The quantitative estimate of drug-likeness (QED) is 0.728. The number of methoxy groups -OCH3 is 2. The summed E-state index contributed by atoms with van der Waals surface area (Å²) in [6.45, 7) is 3.76. The second-order valence-electron chi connectivity index (χ2n) is 5.63. The van der Waals surface area contributed by atoms with Gasteiger partial charge < -0.3 is 14.2 Å². The van der Waals surface area contributed by atoms with Crippen molar-refractivity contribution in [1.82, 2.24) is 0 Å². The molecule has 0 saturated heterocycles. The van der Waals surface area contributed by atoms with E-state index in [0.717, 1.165) is 23.5 Å². The van der Waals surface area contributed by atoms with Gasteiger partial charge in [0.1, 0.15) is 23.9 Å². The molecule has 0 N–H and O–H groups in total. The predicted octanol–water partition coefficient (Wildman–Crippen LogP) is 4.21. The summed E-state index contributed by atoms with van der Waals surface area (Å²) in [5.74, 6) is 2.52. The van der Waals surface area contributed by atoms with Gasteiger partial charge in [0.15, 0.2) is 5.78 Å². The van der Waals surface area contributed by atoms with Crippen LogP contribution < -0.4 is 14.2 Å². The molecule has 0 amide bonds. The Kier molecular flexibility index (Phi) is 6.24. The Balaban J connectivity index is 2.26. The fraction of sp³-hybridized carbons (Fsp3) is 0.350.